The summed E-state index contributed by atoms with van der Waals surface area (Å²) in [5, 5.41) is 0.381. The predicted molar refractivity (Wildman–Crippen MR) is 63.7 cm³/mol. The molecule has 2 aromatic rings. The Morgan fingerprint density at radius 1 is 1.17 bits per heavy atom. The molecule has 0 radical (unpaired) electrons. The van der Waals surface area contributed by atoms with Crippen molar-refractivity contribution < 1.29 is 13.2 Å². The van der Waals surface area contributed by atoms with E-state index in [0.717, 1.165) is 11.6 Å². The first-order valence-corrected chi connectivity index (χ1v) is 5.53. The molecule has 0 spiro atoms. The second kappa shape index (κ2) is 4.15. The van der Waals surface area contributed by atoms with Gasteiger partial charge in [0.25, 0.3) is 5.56 Å². The van der Waals surface area contributed by atoms with Crippen LogP contribution in [0, 0.1) is 0 Å². The van der Waals surface area contributed by atoms with Crippen molar-refractivity contribution in [1.29, 1.82) is 0 Å². The number of H-pyrrole nitrogens is 1. The minimum atomic E-state index is -4.63. The standard InChI is InChI=1S/C13H12F3NO/c1-7(2)8-3-4-9-5-10(13(14,15)16)12(18)17-11(9)6-8/h3-7H,1-2H3,(H,17,18). The number of rotatable bonds is 1. The zero-order valence-corrected chi connectivity index (χ0v) is 9.93. The van der Waals surface area contributed by atoms with Crippen molar-refractivity contribution in [3.63, 3.8) is 0 Å². The van der Waals surface area contributed by atoms with Crippen molar-refractivity contribution >= 4 is 10.9 Å². The quantitative estimate of drug-likeness (QED) is 0.828. The lowest BCUT2D eigenvalue weighted by atomic mass is 10.0. The molecule has 5 heteroatoms. The Hall–Kier alpha value is -1.78. The van der Waals surface area contributed by atoms with Crippen LogP contribution in [0.3, 0.4) is 0 Å². The summed E-state index contributed by atoms with van der Waals surface area (Å²) in [6.07, 6.45) is -4.63. The Kier molecular flexibility index (Phi) is 2.92. The molecule has 0 saturated heterocycles. The van der Waals surface area contributed by atoms with E-state index in [-0.39, 0.29) is 5.92 Å². The van der Waals surface area contributed by atoms with Gasteiger partial charge in [0.1, 0.15) is 5.56 Å². The van der Waals surface area contributed by atoms with E-state index < -0.39 is 17.3 Å². The summed E-state index contributed by atoms with van der Waals surface area (Å²) in [6.45, 7) is 3.95. The highest BCUT2D eigenvalue weighted by Crippen LogP contribution is 2.28. The van der Waals surface area contributed by atoms with Gasteiger partial charge in [0.05, 0.1) is 0 Å². The molecular formula is C13H12F3NO. The number of hydrogen-bond acceptors (Lipinski definition) is 1. The normalized spacial score (nSPS) is 12.3. The number of aromatic amines is 1. The average molecular weight is 255 g/mol. The molecule has 2 rings (SSSR count). The van der Waals surface area contributed by atoms with E-state index in [4.69, 9.17) is 0 Å². The van der Waals surface area contributed by atoms with Crippen molar-refractivity contribution in [2.45, 2.75) is 25.9 Å². The molecule has 0 saturated carbocycles. The summed E-state index contributed by atoms with van der Waals surface area (Å²) >= 11 is 0. The van der Waals surface area contributed by atoms with Gasteiger partial charge < -0.3 is 4.98 Å². The molecule has 0 unspecified atom stereocenters. The molecule has 1 aromatic carbocycles. The van der Waals surface area contributed by atoms with Crippen LogP contribution in [0.15, 0.2) is 29.1 Å². The van der Waals surface area contributed by atoms with Crippen molar-refractivity contribution in [2.24, 2.45) is 0 Å². The molecule has 1 aromatic heterocycles. The van der Waals surface area contributed by atoms with Gasteiger partial charge >= 0.3 is 6.18 Å². The fourth-order valence-corrected chi connectivity index (χ4v) is 1.79. The summed E-state index contributed by atoms with van der Waals surface area (Å²) in [6, 6.07) is 5.96. The number of alkyl halides is 3. The smallest absolute Gasteiger partial charge is 0.321 e. The van der Waals surface area contributed by atoms with Crippen LogP contribution in [0.5, 0.6) is 0 Å². The molecule has 18 heavy (non-hydrogen) atoms. The maximum Gasteiger partial charge on any atom is 0.421 e. The van der Waals surface area contributed by atoms with E-state index in [1.54, 1.807) is 18.2 Å². The van der Waals surface area contributed by atoms with Gasteiger partial charge in [-0.2, -0.15) is 13.2 Å². The molecule has 1 N–H and O–H groups in total. The second-order valence-corrected chi connectivity index (χ2v) is 4.51. The lowest BCUT2D eigenvalue weighted by Crippen LogP contribution is -2.21. The molecule has 2 nitrogen and oxygen atoms in total. The number of aromatic nitrogens is 1. The number of pyridine rings is 1. The lowest BCUT2D eigenvalue weighted by Gasteiger charge is -2.09. The predicted octanol–water partition coefficient (Wildman–Crippen LogP) is 3.67. The first-order chi connectivity index (χ1) is 8.29. The average Bonchev–Trinajstić information content (AvgIpc) is 2.25. The molecule has 0 aliphatic carbocycles. The van der Waals surface area contributed by atoms with Crippen LogP contribution in [0.4, 0.5) is 13.2 Å². The van der Waals surface area contributed by atoms with Crippen LogP contribution in [0.1, 0.15) is 30.9 Å². The number of benzene rings is 1. The van der Waals surface area contributed by atoms with E-state index in [0.29, 0.717) is 10.9 Å². The van der Waals surface area contributed by atoms with Gasteiger partial charge in [0.15, 0.2) is 0 Å². The van der Waals surface area contributed by atoms with Crippen LogP contribution in [-0.2, 0) is 6.18 Å². The molecule has 96 valence electrons. The van der Waals surface area contributed by atoms with E-state index in [1.807, 2.05) is 13.8 Å². The number of hydrogen-bond donors (Lipinski definition) is 1. The first kappa shape index (κ1) is 12.7. The molecule has 0 fully saturated rings. The van der Waals surface area contributed by atoms with E-state index >= 15 is 0 Å². The van der Waals surface area contributed by atoms with Gasteiger partial charge in [-0.1, -0.05) is 26.0 Å². The minimum Gasteiger partial charge on any atom is -0.321 e. The van der Waals surface area contributed by atoms with Crippen LogP contribution >= 0.6 is 0 Å². The molecule has 1 heterocycles. The lowest BCUT2D eigenvalue weighted by molar-refractivity contribution is -0.138. The summed E-state index contributed by atoms with van der Waals surface area (Å²) < 4.78 is 37.7. The highest BCUT2D eigenvalue weighted by Gasteiger charge is 2.34. The van der Waals surface area contributed by atoms with E-state index in [1.165, 1.54) is 0 Å². The van der Waals surface area contributed by atoms with Crippen molar-refractivity contribution in [3.05, 3.63) is 45.7 Å². The zero-order chi connectivity index (χ0) is 13.5. The van der Waals surface area contributed by atoms with Gasteiger partial charge in [-0.25, -0.2) is 0 Å². The van der Waals surface area contributed by atoms with Gasteiger partial charge in [-0.15, -0.1) is 0 Å². The maximum atomic E-state index is 12.6. The Morgan fingerprint density at radius 3 is 2.39 bits per heavy atom. The van der Waals surface area contributed by atoms with Crippen molar-refractivity contribution in [1.82, 2.24) is 4.98 Å². The monoisotopic (exact) mass is 255 g/mol. The van der Waals surface area contributed by atoms with Gasteiger partial charge in [-0.05, 0) is 29.0 Å². The molecule has 0 amide bonds. The molecule has 0 bridgehead atoms. The zero-order valence-electron chi connectivity index (χ0n) is 9.93. The van der Waals surface area contributed by atoms with Crippen molar-refractivity contribution in [2.75, 3.05) is 0 Å². The summed E-state index contributed by atoms with van der Waals surface area (Å²) in [4.78, 5) is 13.7. The number of nitrogens with one attached hydrogen (secondary N) is 1. The highest BCUT2D eigenvalue weighted by molar-refractivity contribution is 5.79. The summed E-state index contributed by atoms with van der Waals surface area (Å²) in [5.74, 6) is 0.250. The number of halogens is 3. The number of fused-ring (bicyclic) bond motifs is 1. The SMILES string of the molecule is CC(C)c1ccc2cc(C(F)(F)F)c(=O)[nH]c2c1. The third-order valence-corrected chi connectivity index (χ3v) is 2.84. The molecule has 0 aliphatic heterocycles. The van der Waals surface area contributed by atoms with Crippen molar-refractivity contribution in [3.8, 4) is 0 Å². The van der Waals surface area contributed by atoms with Crippen LogP contribution < -0.4 is 5.56 Å². The first-order valence-electron chi connectivity index (χ1n) is 5.53. The highest BCUT2D eigenvalue weighted by atomic mass is 19.4. The third kappa shape index (κ3) is 2.25. The Balaban J connectivity index is 2.68. The molecular weight excluding hydrogens is 243 g/mol. The van der Waals surface area contributed by atoms with Gasteiger partial charge in [0, 0.05) is 5.52 Å². The van der Waals surface area contributed by atoms with Crippen LogP contribution in [-0.4, -0.2) is 4.98 Å². The fourth-order valence-electron chi connectivity index (χ4n) is 1.79. The summed E-state index contributed by atoms with van der Waals surface area (Å²) in [7, 11) is 0. The van der Waals surface area contributed by atoms with Crippen LogP contribution in [0.25, 0.3) is 10.9 Å². The maximum absolute atomic E-state index is 12.6. The molecule has 0 atom stereocenters. The molecule has 0 aliphatic rings. The fraction of sp³-hybridized carbons (Fsp3) is 0.308. The Bertz CT molecular complexity index is 641. The van der Waals surface area contributed by atoms with E-state index in [2.05, 4.69) is 4.98 Å². The Morgan fingerprint density at radius 2 is 1.83 bits per heavy atom. The third-order valence-electron chi connectivity index (χ3n) is 2.84. The summed E-state index contributed by atoms with van der Waals surface area (Å²) in [5.41, 5.74) is -0.861. The Labute approximate surface area is 101 Å². The van der Waals surface area contributed by atoms with E-state index in [9.17, 15) is 18.0 Å². The minimum absolute atomic E-state index is 0.250. The van der Waals surface area contributed by atoms with Gasteiger partial charge in [0.2, 0.25) is 0 Å². The largest absolute Gasteiger partial charge is 0.421 e. The van der Waals surface area contributed by atoms with Gasteiger partial charge in [-0.3, -0.25) is 4.79 Å². The second-order valence-electron chi connectivity index (χ2n) is 4.51. The van der Waals surface area contributed by atoms with Crippen LogP contribution in [0.2, 0.25) is 0 Å². The topological polar surface area (TPSA) is 32.9 Å².